The normalized spacial score (nSPS) is 10.9. The number of hydrogen-bond acceptors (Lipinski definition) is 5. The molecule has 2 aromatic heterocycles. The Morgan fingerprint density at radius 2 is 1.03 bits per heavy atom. The van der Waals surface area contributed by atoms with Crippen LogP contribution in [0.15, 0.2) is 79.1 Å². The highest BCUT2D eigenvalue weighted by Crippen LogP contribution is 2.29. The Bertz CT molecular complexity index is 1270. The van der Waals surface area contributed by atoms with E-state index in [0.717, 1.165) is 39.5 Å². The van der Waals surface area contributed by atoms with Crippen LogP contribution in [0.2, 0.25) is 0 Å². The SMILES string of the molecule is CC(C)C(=O)Nc1ccc(-c2cc(-c3ccc(NC(=O)C(C)C)cc3)nc(-c3ccncc3)n2)cc1. The van der Waals surface area contributed by atoms with E-state index in [0.29, 0.717) is 5.82 Å². The lowest BCUT2D eigenvalue weighted by Crippen LogP contribution is -2.17. The van der Waals surface area contributed by atoms with Gasteiger partial charge < -0.3 is 10.6 Å². The molecule has 0 saturated heterocycles. The van der Waals surface area contributed by atoms with Crippen molar-refractivity contribution in [1.29, 1.82) is 0 Å². The molecule has 7 nitrogen and oxygen atoms in total. The summed E-state index contributed by atoms with van der Waals surface area (Å²) in [6.45, 7) is 7.43. The van der Waals surface area contributed by atoms with Crippen LogP contribution in [0.4, 0.5) is 11.4 Å². The number of pyridine rings is 1. The Morgan fingerprint density at radius 1 is 0.611 bits per heavy atom. The lowest BCUT2D eigenvalue weighted by Gasteiger charge is -2.12. The molecule has 0 radical (unpaired) electrons. The van der Waals surface area contributed by atoms with Gasteiger partial charge in [0, 0.05) is 52.3 Å². The van der Waals surface area contributed by atoms with E-state index >= 15 is 0 Å². The molecule has 4 rings (SSSR count). The highest BCUT2D eigenvalue weighted by atomic mass is 16.2. The smallest absolute Gasteiger partial charge is 0.226 e. The predicted octanol–water partition coefficient (Wildman–Crippen LogP) is 6.06. The first kappa shape index (κ1) is 24.7. The summed E-state index contributed by atoms with van der Waals surface area (Å²) in [5, 5.41) is 5.82. The average molecular weight is 480 g/mol. The third-order valence-electron chi connectivity index (χ3n) is 5.61. The molecule has 0 bridgehead atoms. The minimum absolute atomic E-state index is 0.0277. The largest absolute Gasteiger partial charge is 0.326 e. The first-order valence-electron chi connectivity index (χ1n) is 11.9. The van der Waals surface area contributed by atoms with E-state index in [-0.39, 0.29) is 23.7 Å². The lowest BCUT2D eigenvalue weighted by atomic mass is 10.1. The molecule has 7 heteroatoms. The molecule has 4 aromatic rings. The molecular formula is C29H29N5O2. The molecule has 0 atom stereocenters. The van der Waals surface area contributed by atoms with Crippen molar-refractivity contribution in [1.82, 2.24) is 15.0 Å². The number of rotatable bonds is 7. The molecule has 0 spiro atoms. The minimum atomic E-state index is -0.0953. The van der Waals surface area contributed by atoms with Gasteiger partial charge in [-0.3, -0.25) is 14.6 Å². The van der Waals surface area contributed by atoms with Crippen molar-refractivity contribution >= 4 is 23.2 Å². The van der Waals surface area contributed by atoms with Crippen LogP contribution in [0.25, 0.3) is 33.9 Å². The monoisotopic (exact) mass is 479 g/mol. The second kappa shape index (κ2) is 10.9. The fourth-order valence-electron chi connectivity index (χ4n) is 3.39. The summed E-state index contributed by atoms with van der Waals surface area (Å²) in [7, 11) is 0. The van der Waals surface area contributed by atoms with E-state index in [1.807, 2.05) is 94.4 Å². The van der Waals surface area contributed by atoms with Crippen molar-refractivity contribution in [2.24, 2.45) is 11.8 Å². The molecule has 0 fully saturated rings. The number of aromatic nitrogens is 3. The minimum Gasteiger partial charge on any atom is -0.326 e. The fourth-order valence-corrected chi connectivity index (χ4v) is 3.39. The summed E-state index contributed by atoms with van der Waals surface area (Å²) in [4.78, 5) is 37.8. The molecule has 0 saturated carbocycles. The molecule has 36 heavy (non-hydrogen) atoms. The fraction of sp³-hybridized carbons (Fsp3) is 0.207. The Kier molecular flexibility index (Phi) is 7.49. The molecule has 0 aliphatic carbocycles. The zero-order valence-corrected chi connectivity index (χ0v) is 20.8. The predicted molar refractivity (Wildman–Crippen MR) is 143 cm³/mol. The summed E-state index contributed by atoms with van der Waals surface area (Å²) >= 11 is 0. The number of benzene rings is 2. The Balaban J connectivity index is 1.69. The summed E-state index contributed by atoms with van der Waals surface area (Å²) < 4.78 is 0. The van der Waals surface area contributed by atoms with Crippen LogP contribution in [-0.2, 0) is 9.59 Å². The number of nitrogens with zero attached hydrogens (tertiary/aromatic N) is 3. The standard InChI is InChI=1S/C29H29N5O2/c1-18(2)28(35)31-23-9-5-20(6-10-23)25-17-26(34-27(33-25)22-13-15-30-16-14-22)21-7-11-24(12-8-21)32-29(36)19(3)4/h5-19H,1-4H3,(H,31,35)(H,32,36). The van der Waals surface area contributed by atoms with Gasteiger partial charge in [0.25, 0.3) is 0 Å². The molecule has 2 aromatic carbocycles. The maximum Gasteiger partial charge on any atom is 0.226 e. The first-order chi connectivity index (χ1) is 17.3. The zero-order valence-electron chi connectivity index (χ0n) is 20.8. The third-order valence-corrected chi connectivity index (χ3v) is 5.61. The van der Waals surface area contributed by atoms with Gasteiger partial charge in [-0.2, -0.15) is 0 Å². The summed E-state index contributed by atoms with van der Waals surface area (Å²) in [6, 6.07) is 20.9. The number of carbonyl (C=O) groups excluding carboxylic acids is 2. The molecule has 182 valence electrons. The molecule has 0 unspecified atom stereocenters. The van der Waals surface area contributed by atoms with Gasteiger partial charge in [-0.25, -0.2) is 9.97 Å². The Hall–Kier alpha value is -4.39. The quantitative estimate of drug-likeness (QED) is 0.336. The van der Waals surface area contributed by atoms with Crippen molar-refractivity contribution < 1.29 is 9.59 Å². The van der Waals surface area contributed by atoms with Gasteiger partial charge in [-0.15, -0.1) is 0 Å². The zero-order chi connectivity index (χ0) is 25.7. The van der Waals surface area contributed by atoms with Gasteiger partial charge >= 0.3 is 0 Å². The van der Waals surface area contributed by atoms with Gasteiger partial charge in [-0.1, -0.05) is 52.0 Å². The Labute approximate surface area is 211 Å². The molecule has 0 aliphatic heterocycles. The van der Waals surface area contributed by atoms with Crippen LogP contribution in [-0.4, -0.2) is 26.8 Å². The average Bonchev–Trinajstić information content (AvgIpc) is 2.89. The highest BCUT2D eigenvalue weighted by molar-refractivity contribution is 5.93. The van der Waals surface area contributed by atoms with E-state index in [1.165, 1.54) is 0 Å². The van der Waals surface area contributed by atoms with Crippen LogP contribution >= 0.6 is 0 Å². The van der Waals surface area contributed by atoms with Gasteiger partial charge in [0.1, 0.15) is 0 Å². The summed E-state index contributed by atoms with van der Waals surface area (Å²) in [5.74, 6) is 0.337. The van der Waals surface area contributed by atoms with Crippen molar-refractivity contribution in [3.05, 3.63) is 79.1 Å². The van der Waals surface area contributed by atoms with Gasteiger partial charge in [0.2, 0.25) is 11.8 Å². The second-order valence-corrected chi connectivity index (χ2v) is 9.14. The lowest BCUT2D eigenvalue weighted by molar-refractivity contribution is -0.119. The number of hydrogen-bond donors (Lipinski definition) is 2. The highest BCUT2D eigenvalue weighted by Gasteiger charge is 2.13. The number of nitrogens with one attached hydrogen (secondary N) is 2. The number of amides is 2. The second-order valence-electron chi connectivity index (χ2n) is 9.14. The van der Waals surface area contributed by atoms with Crippen LogP contribution in [0, 0.1) is 11.8 Å². The first-order valence-corrected chi connectivity index (χ1v) is 11.9. The van der Waals surface area contributed by atoms with Gasteiger partial charge in [0.15, 0.2) is 5.82 Å². The molecule has 2 heterocycles. The van der Waals surface area contributed by atoms with Crippen LogP contribution < -0.4 is 10.6 Å². The third kappa shape index (κ3) is 5.99. The van der Waals surface area contributed by atoms with Crippen molar-refractivity contribution in [3.8, 4) is 33.9 Å². The summed E-state index contributed by atoms with van der Waals surface area (Å²) in [6.07, 6.45) is 3.42. The van der Waals surface area contributed by atoms with Crippen molar-refractivity contribution in [2.45, 2.75) is 27.7 Å². The van der Waals surface area contributed by atoms with E-state index in [4.69, 9.17) is 9.97 Å². The number of anilines is 2. The van der Waals surface area contributed by atoms with Crippen LogP contribution in [0.1, 0.15) is 27.7 Å². The maximum absolute atomic E-state index is 12.0. The van der Waals surface area contributed by atoms with E-state index in [9.17, 15) is 9.59 Å². The van der Waals surface area contributed by atoms with Crippen LogP contribution in [0.3, 0.4) is 0 Å². The molecular weight excluding hydrogens is 450 g/mol. The van der Waals surface area contributed by atoms with Crippen molar-refractivity contribution in [2.75, 3.05) is 10.6 Å². The van der Waals surface area contributed by atoms with Crippen molar-refractivity contribution in [3.63, 3.8) is 0 Å². The summed E-state index contributed by atoms with van der Waals surface area (Å²) in [5.41, 5.74) is 5.64. The Morgan fingerprint density at radius 3 is 1.42 bits per heavy atom. The van der Waals surface area contributed by atoms with Gasteiger partial charge in [-0.05, 0) is 42.5 Å². The molecule has 0 aliphatic rings. The maximum atomic E-state index is 12.0. The van der Waals surface area contributed by atoms with E-state index in [2.05, 4.69) is 15.6 Å². The molecule has 2 amide bonds. The number of carbonyl (C=O) groups is 2. The van der Waals surface area contributed by atoms with Crippen LogP contribution in [0.5, 0.6) is 0 Å². The van der Waals surface area contributed by atoms with Gasteiger partial charge in [0.05, 0.1) is 11.4 Å². The van der Waals surface area contributed by atoms with E-state index < -0.39 is 0 Å². The van der Waals surface area contributed by atoms with E-state index in [1.54, 1.807) is 12.4 Å². The molecule has 2 N–H and O–H groups in total. The topological polar surface area (TPSA) is 96.9 Å².